The van der Waals surface area contributed by atoms with E-state index in [1.807, 2.05) is 24.5 Å². The van der Waals surface area contributed by atoms with Crippen LogP contribution in [0.5, 0.6) is 0 Å². The fourth-order valence-electron chi connectivity index (χ4n) is 3.62. The first-order valence-electron chi connectivity index (χ1n) is 10.6. The number of aromatic nitrogens is 2. The summed E-state index contributed by atoms with van der Waals surface area (Å²) in [6, 6.07) is 21.6. The van der Waals surface area contributed by atoms with Crippen LogP contribution in [0.3, 0.4) is 0 Å². The zero-order chi connectivity index (χ0) is 21.8. The molecule has 0 N–H and O–H groups in total. The molecule has 2 heterocycles. The average molecular weight is 437 g/mol. The van der Waals surface area contributed by atoms with E-state index >= 15 is 0 Å². The Morgan fingerprint density at radius 1 is 0.567 bits per heavy atom. The van der Waals surface area contributed by atoms with Gasteiger partial charge in [-0.15, -0.1) is 17.2 Å². The predicted octanol–water partition coefficient (Wildman–Crippen LogP) is 7.61. The van der Waals surface area contributed by atoms with Crippen molar-refractivity contribution in [3.05, 3.63) is 95.6 Å². The summed E-state index contributed by atoms with van der Waals surface area (Å²) in [4.78, 5) is 9.56. The number of hydrogen-bond acceptors (Lipinski definition) is 2. The van der Waals surface area contributed by atoms with E-state index in [2.05, 4.69) is 90.1 Å². The van der Waals surface area contributed by atoms with E-state index in [0.717, 1.165) is 28.5 Å². The van der Waals surface area contributed by atoms with Crippen molar-refractivity contribution in [3.63, 3.8) is 0 Å². The van der Waals surface area contributed by atoms with E-state index in [1.165, 1.54) is 11.1 Å². The van der Waals surface area contributed by atoms with Gasteiger partial charge >= 0.3 is 0 Å². The molecule has 0 spiro atoms. The third-order valence-electron chi connectivity index (χ3n) is 4.74. The van der Waals surface area contributed by atoms with Gasteiger partial charge < -0.3 is 0 Å². The molecule has 0 saturated heterocycles. The molecule has 0 amide bonds. The molecule has 0 aliphatic rings. The normalized spacial score (nSPS) is 15.1. The maximum absolute atomic E-state index is 4.78. The Morgan fingerprint density at radius 3 is 1.23 bits per heavy atom. The molecule has 158 valence electrons. The van der Waals surface area contributed by atoms with Gasteiger partial charge in [-0.2, -0.15) is 0 Å². The second kappa shape index (κ2) is 9.67. The predicted molar refractivity (Wildman–Crippen MR) is 135 cm³/mol. The summed E-state index contributed by atoms with van der Waals surface area (Å²) >= 11 is 0. The lowest BCUT2D eigenvalue weighted by atomic mass is 9.97. The van der Waals surface area contributed by atoms with Crippen LogP contribution in [0.2, 0.25) is 0 Å². The monoisotopic (exact) mass is 436 g/mol. The van der Waals surface area contributed by atoms with Crippen LogP contribution in [-0.2, 0) is 0 Å². The lowest BCUT2D eigenvalue weighted by molar-refractivity contribution is 0.777. The summed E-state index contributed by atoms with van der Waals surface area (Å²) in [5.74, 6) is 0. The Hall–Kier alpha value is -1.62. The molecule has 1 aromatic carbocycles. The SMILES string of the molecule is CC(C)(C)PC(c1ccccn1)c1ccccc1C(PC(C)(C)C)c1ccccn1. The molecule has 4 heteroatoms. The van der Waals surface area contributed by atoms with Crippen molar-refractivity contribution in [1.29, 1.82) is 0 Å². The smallest absolute Gasteiger partial charge is 0.0518 e. The first-order valence-corrected chi connectivity index (χ1v) is 12.8. The molecule has 0 fully saturated rings. The molecule has 0 saturated carbocycles. The topological polar surface area (TPSA) is 25.8 Å². The second-order valence-corrected chi connectivity index (χ2v) is 14.5. The summed E-state index contributed by atoms with van der Waals surface area (Å²) in [5.41, 5.74) is 5.71. The van der Waals surface area contributed by atoms with Crippen molar-refractivity contribution < 1.29 is 0 Å². The highest BCUT2D eigenvalue weighted by Gasteiger charge is 2.29. The van der Waals surface area contributed by atoms with Crippen LogP contribution in [0.1, 0.15) is 75.4 Å². The first-order chi connectivity index (χ1) is 14.1. The third kappa shape index (κ3) is 6.44. The molecule has 0 bridgehead atoms. The molecule has 0 radical (unpaired) electrons. The van der Waals surface area contributed by atoms with Crippen molar-refractivity contribution >= 4 is 17.2 Å². The minimum atomic E-state index is 0.224. The van der Waals surface area contributed by atoms with Crippen molar-refractivity contribution in [3.8, 4) is 0 Å². The number of benzene rings is 1. The maximum atomic E-state index is 4.78. The second-order valence-electron chi connectivity index (χ2n) is 9.79. The van der Waals surface area contributed by atoms with E-state index in [0.29, 0.717) is 11.3 Å². The Kier molecular flexibility index (Phi) is 7.43. The van der Waals surface area contributed by atoms with Crippen molar-refractivity contribution in [2.24, 2.45) is 0 Å². The molecule has 3 rings (SSSR count). The van der Waals surface area contributed by atoms with Gasteiger partial charge in [0.2, 0.25) is 0 Å². The molecule has 2 aromatic heterocycles. The Bertz CT molecular complexity index is 850. The fraction of sp³-hybridized carbons (Fsp3) is 0.385. The minimum Gasteiger partial charge on any atom is -0.260 e. The highest BCUT2D eigenvalue weighted by molar-refractivity contribution is 7.41. The molecular weight excluding hydrogens is 402 g/mol. The zero-order valence-corrected chi connectivity index (χ0v) is 21.0. The van der Waals surface area contributed by atoms with Crippen LogP contribution in [-0.4, -0.2) is 20.3 Å². The van der Waals surface area contributed by atoms with Crippen molar-refractivity contribution in [2.75, 3.05) is 0 Å². The number of nitrogens with zero attached hydrogens (tertiary/aromatic N) is 2. The van der Waals surface area contributed by atoms with E-state index in [-0.39, 0.29) is 10.3 Å². The minimum absolute atomic E-state index is 0.224. The molecule has 3 aromatic rings. The summed E-state index contributed by atoms with van der Waals surface area (Å²) in [7, 11) is 1.49. The molecular formula is C26H34N2P2. The first kappa shape index (κ1) is 23.1. The Balaban J connectivity index is 2.16. The zero-order valence-electron chi connectivity index (χ0n) is 19.0. The summed E-state index contributed by atoms with van der Waals surface area (Å²) in [5, 5.41) is 0.449. The van der Waals surface area contributed by atoms with Gasteiger partial charge in [-0.25, -0.2) is 0 Å². The van der Waals surface area contributed by atoms with Gasteiger partial charge in [-0.05, 0) is 45.7 Å². The molecule has 4 unspecified atom stereocenters. The Morgan fingerprint density at radius 2 is 0.933 bits per heavy atom. The summed E-state index contributed by atoms with van der Waals surface area (Å²) in [6.45, 7) is 14.0. The van der Waals surface area contributed by atoms with Crippen LogP contribution in [0.4, 0.5) is 0 Å². The van der Waals surface area contributed by atoms with Gasteiger partial charge in [0.15, 0.2) is 0 Å². The third-order valence-corrected chi connectivity index (χ3v) is 8.26. The van der Waals surface area contributed by atoms with Crippen LogP contribution in [0.15, 0.2) is 73.1 Å². The van der Waals surface area contributed by atoms with Gasteiger partial charge in [-0.1, -0.05) is 77.9 Å². The molecule has 0 aliphatic carbocycles. The van der Waals surface area contributed by atoms with Crippen LogP contribution in [0, 0.1) is 0 Å². The van der Waals surface area contributed by atoms with Gasteiger partial charge in [0.25, 0.3) is 0 Å². The molecule has 30 heavy (non-hydrogen) atoms. The van der Waals surface area contributed by atoms with E-state index in [4.69, 9.17) is 9.97 Å². The fourth-order valence-corrected chi connectivity index (χ4v) is 6.82. The molecule has 2 nitrogen and oxygen atoms in total. The standard InChI is InChI=1S/C26H34N2P2/c1-25(2,3)29-23(21-15-9-11-17-27-21)19-13-7-8-14-20(19)24(30-26(4,5)6)22-16-10-12-18-28-22/h7-18,23-24,29-30H,1-6H3. The lowest BCUT2D eigenvalue weighted by Crippen LogP contribution is -2.15. The summed E-state index contributed by atoms with van der Waals surface area (Å²) < 4.78 is 0. The number of pyridine rings is 2. The van der Waals surface area contributed by atoms with Gasteiger partial charge in [0.05, 0.1) is 11.4 Å². The van der Waals surface area contributed by atoms with E-state index < -0.39 is 0 Å². The lowest BCUT2D eigenvalue weighted by Gasteiger charge is -2.32. The van der Waals surface area contributed by atoms with Gasteiger partial charge in [0.1, 0.15) is 0 Å². The summed E-state index contributed by atoms with van der Waals surface area (Å²) in [6.07, 6.45) is 3.84. The largest absolute Gasteiger partial charge is 0.260 e. The maximum Gasteiger partial charge on any atom is 0.0518 e. The van der Waals surface area contributed by atoms with Gasteiger partial charge in [-0.3, -0.25) is 9.97 Å². The number of hydrogen-bond donors (Lipinski definition) is 0. The molecule has 4 atom stereocenters. The quantitative estimate of drug-likeness (QED) is 0.372. The van der Waals surface area contributed by atoms with Crippen LogP contribution in [0.25, 0.3) is 0 Å². The Labute approximate surface area is 185 Å². The van der Waals surface area contributed by atoms with E-state index in [1.54, 1.807) is 0 Å². The van der Waals surface area contributed by atoms with Crippen molar-refractivity contribution in [1.82, 2.24) is 9.97 Å². The highest BCUT2D eigenvalue weighted by Crippen LogP contribution is 2.54. The molecule has 0 aliphatic heterocycles. The average Bonchev–Trinajstić information content (AvgIpc) is 2.70. The van der Waals surface area contributed by atoms with E-state index in [9.17, 15) is 0 Å². The van der Waals surface area contributed by atoms with Gasteiger partial charge in [0, 0.05) is 23.7 Å². The van der Waals surface area contributed by atoms with Crippen LogP contribution >= 0.6 is 17.2 Å². The number of rotatable bonds is 6. The van der Waals surface area contributed by atoms with Crippen LogP contribution < -0.4 is 0 Å². The highest BCUT2D eigenvalue weighted by atomic mass is 31.1. The van der Waals surface area contributed by atoms with Crippen molar-refractivity contribution in [2.45, 2.75) is 63.2 Å².